The molecule has 2 atom stereocenters. The fourth-order valence-electron chi connectivity index (χ4n) is 7.87. The molecule has 0 bridgehead atoms. The minimum atomic E-state index is 0.170. The van der Waals surface area contributed by atoms with Gasteiger partial charge in [-0.25, -0.2) is 9.97 Å². The summed E-state index contributed by atoms with van der Waals surface area (Å²) in [5.41, 5.74) is 12.0. The summed E-state index contributed by atoms with van der Waals surface area (Å²) >= 11 is 0. The SMILES string of the molecule is C1=CC2c3ccccc3N(c3cc(-c4cc(-c5ccccc5)nc(-c5ccccc5)n4)cc(-n4c5ccccc5c5ccccc54)c3)C2C=C1. The van der Waals surface area contributed by atoms with Gasteiger partial charge in [0.25, 0.3) is 0 Å². The van der Waals surface area contributed by atoms with Gasteiger partial charge in [0.05, 0.1) is 28.5 Å². The highest BCUT2D eigenvalue weighted by Gasteiger charge is 2.37. The number of aromatic nitrogens is 3. The summed E-state index contributed by atoms with van der Waals surface area (Å²) < 4.78 is 2.41. The zero-order chi connectivity index (χ0) is 33.0. The van der Waals surface area contributed by atoms with Crippen molar-refractivity contribution in [1.82, 2.24) is 14.5 Å². The standard InChI is InChI=1S/C46H32N4/c1-3-15-31(16-4-1)40-30-41(48-46(47-40)32-17-5-2-6-18-32)33-27-34(49-42-23-11-7-19-36(42)37-20-8-12-24-43(37)49)29-35(28-33)50-44-25-13-9-21-38(44)39-22-10-14-26-45(39)50/h1-30,36,42H. The number of nitrogens with zero attached hydrogens (tertiary/aromatic N) is 4. The largest absolute Gasteiger partial charge is 0.333 e. The van der Waals surface area contributed by atoms with E-state index in [-0.39, 0.29) is 12.0 Å². The quantitative estimate of drug-likeness (QED) is 0.188. The summed E-state index contributed by atoms with van der Waals surface area (Å²) in [4.78, 5) is 12.9. The van der Waals surface area contributed by atoms with E-state index in [0.717, 1.165) is 39.5 Å². The van der Waals surface area contributed by atoms with Crippen molar-refractivity contribution >= 4 is 33.2 Å². The van der Waals surface area contributed by atoms with Crippen molar-refractivity contribution in [3.8, 4) is 39.6 Å². The maximum Gasteiger partial charge on any atom is 0.160 e. The lowest BCUT2D eigenvalue weighted by atomic mass is 9.91. The van der Waals surface area contributed by atoms with Gasteiger partial charge in [-0.05, 0) is 48.0 Å². The van der Waals surface area contributed by atoms with Gasteiger partial charge in [-0.15, -0.1) is 0 Å². The molecule has 0 saturated carbocycles. The molecule has 0 saturated heterocycles. The third kappa shape index (κ3) is 4.61. The van der Waals surface area contributed by atoms with Gasteiger partial charge in [0, 0.05) is 50.4 Å². The van der Waals surface area contributed by atoms with Gasteiger partial charge in [-0.2, -0.15) is 0 Å². The van der Waals surface area contributed by atoms with Crippen molar-refractivity contribution in [1.29, 1.82) is 0 Å². The number of allylic oxidation sites excluding steroid dienone is 2. The number of fused-ring (bicyclic) bond motifs is 6. The van der Waals surface area contributed by atoms with Crippen molar-refractivity contribution in [2.45, 2.75) is 12.0 Å². The van der Waals surface area contributed by atoms with E-state index in [2.05, 4.69) is 167 Å². The smallest absolute Gasteiger partial charge is 0.160 e. The molecule has 10 rings (SSSR count). The van der Waals surface area contributed by atoms with Crippen LogP contribution in [-0.2, 0) is 0 Å². The normalized spacial score (nSPS) is 16.2. The average Bonchev–Trinajstić information content (AvgIpc) is 3.71. The van der Waals surface area contributed by atoms with Crippen molar-refractivity contribution in [3.63, 3.8) is 0 Å². The van der Waals surface area contributed by atoms with Gasteiger partial charge in [0.2, 0.25) is 0 Å². The molecule has 2 aromatic heterocycles. The molecular weight excluding hydrogens is 609 g/mol. The van der Waals surface area contributed by atoms with E-state index in [1.54, 1.807) is 0 Å². The summed E-state index contributed by atoms with van der Waals surface area (Å²) in [5, 5.41) is 2.48. The van der Waals surface area contributed by atoms with Crippen LogP contribution in [0.5, 0.6) is 0 Å². The van der Waals surface area contributed by atoms with E-state index in [1.165, 1.54) is 33.1 Å². The summed E-state index contributed by atoms with van der Waals surface area (Å²) in [7, 11) is 0. The van der Waals surface area contributed by atoms with Crippen LogP contribution in [0.3, 0.4) is 0 Å². The molecule has 3 heterocycles. The van der Waals surface area contributed by atoms with Crippen molar-refractivity contribution in [2.75, 3.05) is 4.90 Å². The highest BCUT2D eigenvalue weighted by atomic mass is 15.2. The minimum Gasteiger partial charge on any atom is -0.333 e. The maximum atomic E-state index is 5.28. The Morgan fingerprint density at radius 2 is 1.04 bits per heavy atom. The second kappa shape index (κ2) is 11.6. The first kappa shape index (κ1) is 28.5. The van der Waals surface area contributed by atoms with E-state index in [4.69, 9.17) is 9.97 Å². The molecule has 0 N–H and O–H groups in total. The molecule has 4 heteroatoms. The Labute approximate surface area is 290 Å². The molecule has 2 unspecified atom stereocenters. The Kier molecular flexibility index (Phi) is 6.59. The second-order valence-electron chi connectivity index (χ2n) is 13.0. The van der Waals surface area contributed by atoms with E-state index in [9.17, 15) is 0 Å². The number of hydrogen-bond acceptors (Lipinski definition) is 3. The third-order valence-corrected chi connectivity index (χ3v) is 10.1. The summed E-state index contributed by atoms with van der Waals surface area (Å²) in [5.74, 6) is 0.989. The summed E-state index contributed by atoms with van der Waals surface area (Å²) in [6.07, 6.45) is 9.03. The topological polar surface area (TPSA) is 34.0 Å². The van der Waals surface area contributed by atoms with Crippen LogP contribution in [0.2, 0.25) is 0 Å². The number of anilines is 2. The van der Waals surface area contributed by atoms with Crippen LogP contribution < -0.4 is 4.90 Å². The van der Waals surface area contributed by atoms with Gasteiger partial charge in [-0.1, -0.05) is 140 Å². The molecule has 0 fully saturated rings. The molecule has 1 aliphatic carbocycles. The van der Waals surface area contributed by atoms with Gasteiger partial charge >= 0.3 is 0 Å². The first-order valence-electron chi connectivity index (χ1n) is 17.2. The molecule has 6 aromatic carbocycles. The van der Waals surface area contributed by atoms with Crippen LogP contribution >= 0.6 is 0 Å². The Morgan fingerprint density at radius 3 is 1.78 bits per heavy atom. The van der Waals surface area contributed by atoms with Gasteiger partial charge in [-0.3, -0.25) is 0 Å². The molecule has 236 valence electrons. The monoisotopic (exact) mass is 640 g/mol. The highest BCUT2D eigenvalue weighted by Crippen LogP contribution is 2.49. The van der Waals surface area contributed by atoms with Crippen molar-refractivity contribution < 1.29 is 0 Å². The van der Waals surface area contributed by atoms with E-state index in [0.29, 0.717) is 5.82 Å². The Hall–Kier alpha value is -6.52. The van der Waals surface area contributed by atoms with Crippen LogP contribution in [-0.4, -0.2) is 20.6 Å². The number of para-hydroxylation sites is 3. The Morgan fingerprint density at radius 1 is 0.460 bits per heavy atom. The fourth-order valence-corrected chi connectivity index (χ4v) is 7.87. The van der Waals surface area contributed by atoms with Gasteiger partial charge in [0.15, 0.2) is 5.82 Å². The minimum absolute atomic E-state index is 0.170. The molecule has 1 aliphatic heterocycles. The zero-order valence-corrected chi connectivity index (χ0v) is 27.3. The highest BCUT2D eigenvalue weighted by molar-refractivity contribution is 6.09. The maximum absolute atomic E-state index is 5.28. The number of rotatable bonds is 5. The summed E-state index contributed by atoms with van der Waals surface area (Å²) in [6, 6.07) is 56.2. The third-order valence-electron chi connectivity index (χ3n) is 10.1. The molecular formula is C46H32N4. The molecule has 0 amide bonds. The summed E-state index contributed by atoms with van der Waals surface area (Å²) in [6.45, 7) is 0. The fraction of sp³-hybridized carbons (Fsp3) is 0.0435. The van der Waals surface area contributed by atoms with E-state index >= 15 is 0 Å². The lowest BCUT2D eigenvalue weighted by Crippen LogP contribution is -2.28. The number of hydrogen-bond donors (Lipinski definition) is 0. The van der Waals surface area contributed by atoms with Crippen LogP contribution in [0.25, 0.3) is 61.4 Å². The lowest BCUT2D eigenvalue weighted by Gasteiger charge is -2.29. The van der Waals surface area contributed by atoms with Crippen LogP contribution in [0, 0.1) is 0 Å². The molecule has 4 nitrogen and oxygen atoms in total. The van der Waals surface area contributed by atoms with Gasteiger partial charge in [0.1, 0.15) is 0 Å². The first-order chi connectivity index (χ1) is 24.8. The predicted molar refractivity (Wildman–Crippen MR) is 206 cm³/mol. The Bertz CT molecular complexity index is 2500. The molecule has 8 aromatic rings. The van der Waals surface area contributed by atoms with Gasteiger partial charge < -0.3 is 9.47 Å². The van der Waals surface area contributed by atoms with Crippen LogP contribution in [0.15, 0.2) is 182 Å². The first-order valence-corrected chi connectivity index (χ1v) is 17.2. The molecule has 0 spiro atoms. The zero-order valence-electron chi connectivity index (χ0n) is 27.3. The second-order valence-corrected chi connectivity index (χ2v) is 13.0. The predicted octanol–water partition coefficient (Wildman–Crippen LogP) is 11.3. The van der Waals surface area contributed by atoms with E-state index in [1.807, 2.05) is 24.3 Å². The number of benzene rings is 6. The molecule has 2 aliphatic rings. The lowest BCUT2D eigenvalue weighted by molar-refractivity contribution is 0.744. The Balaban J connectivity index is 1.26. The van der Waals surface area contributed by atoms with Crippen molar-refractivity contribution in [3.05, 3.63) is 188 Å². The van der Waals surface area contributed by atoms with Crippen molar-refractivity contribution in [2.24, 2.45) is 0 Å². The van der Waals surface area contributed by atoms with E-state index < -0.39 is 0 Å². The van der Waals surface area contributed by atoms with Crippen LogP contribution in [0.4, 0.5) is 11.4 Å². The van der Waals surface area contributed by atoms with Crippen LogP contribution in [0.1, 0.15) is 11.5 Å². The molecule has 50 heavy (non-hydrogen) atoms. The molecule has 0 radical (unpaired) electrons. The average molecular weight is 641 g/mol.